The third-order valence-electron chi connectivity index (χ3n) is 4.70. The number of nitrogens with one attached hydrogen (secondary N) is 1. The molecule has 0 spiro atoms. The Kier molecular flexibility index (Phi) is 3.65. The molecule has 1 N–H and O–H groups in total. The van der Waals surface area contributed by atoms with Crippen LogP contribution < -0.4 is 5.32 Å². The number of Topliss-reactive ketones (excluding diaryl/α,β-unsaturated/α-hetero) is 1. The van der Waals surface area contributed by atoms with E-state index in [-0.39, 0.29) is 18.1 Å². The van der Waals surface area contributed by atoms with E-state index in [1.54, 1.807) is 24.5 Å². The molecule has 4 rings (SSSR count). The SMILES string of the molecule is O=C(CC1(c2ccccc2)C(=O)Nc2ccccc21)c1cccnc1. The van der Waals surface area contributed by atoms with E-state index in [4.69, 9.17) is 0 Å². The molecular weight excluding hydrogens is 312 g/mol. The number of aromatic nitrogens is 1. The molecular formula is C21H16N2O2. The van der Waals surface area contributed by atoms with Gasteiger partial charge in [0.1, 0.15) is 5.41 Å². The van der Waals surface area contributed by atoms with Crippen LogP contribution in [-0.4, -0.2) is 16.7 Å². The summed E-state index contributed by atoms with van der Waals surface area (Å²) >= 11 is 0. The summed E-state index contributed by atoms with van der Waals surface area (Å²) in [6.45, 7) is 0. The van der Waals surface area contributed by atoms with Crippen LogP contribution in [0.25, 0.3) is 0 Å². The number of nitrogens with zero attached hydrogens (tertiary/aromatic N) is 1. The minimum atomic E-state index is -1.02. The van der Waals surface area contributed by atoms with Crippen molar-refractivity contribution >= 4 is 17.4 Å². The Labute approximate surface area is 145 Å². The predicted octanol–water partition coefficient (Wildman–Crippen LogP) is 3.59. The van der Waals surface area contributed by atoms with Gasteiger partial charge in [-0.25, -0.2) is 0 Å². The molecule has 0 saturated heterocycles. The topological polar surface area (TPSA) is 59.1 Å². The van der Waals surface area contributed by atoms with E-state index in [1.807, 2.05) is 54.6 Å². The molecule has 2 aromatic carbocycles. The standard InChI is InChI=1S/C21H16N2O2/c24-19(15-7-6-12-22-14-15)13-21(16-8-2-1-3-9-16)17-10-4-5-11-18(17)23-20(21)25/h1-12,14H,13H2,(H,23,25). The summed E-state index contributed by atoms with van der Waals surface area (Å²) in [6.07, 6.45) is 3.23. The molecule has 2 heterocycles. The largest absolute Gasteiger partial charge is 0.325 e. The van der Waals surface area contributed by atoms with Crippen LogP contribution in [0.3, 0.4) is 0 Å². The highest BCUT2D eigenvalue weighted by Crippen LogP contribution is 2.45. The lowest BCUT2D eigenvalue weighted by molar-refractivity contribution is -0.119. The Morgan fingerprint density at radius 3 is 2.48 bits per heavy atom. The minimum Gasteiger partial charge on any atom is -0.325 e. The summed E-state index contributed by atoms with van der Waals surface area (Å²) < 4.78 is 0. The Balaban J connectivity index is 1.87. The maximum absolute atomic E-state index is 13.0. The first-order valence-corrected chi connectivity index (χ1v) is 8.11. The molecule has 1 aliphatic heterocycles. The molecule has 4 nitrogen and oxygen atoms in total. The second kappa shape index (κ2) is 5.98. The third kappa shape index (κ3) is 2.43. The van der Waals surface area contributed by atoms with E-state index in [1.165, 1.54) is 0 Å². The summed E-state index contributed by atoms with van der Waals surface area (Å²) in [5.41, 5.74) is 1.90. The smallest absolute Gasteiger partial charge is 0.240 e. The Morgan fingerprint density at radius 2 is 1.72 bits per heavy atom. The van der Waals surface area contributed by atoms with Gasteiger partial charge in [-0.15, -0.1) is 0 Å². The molecule has 1 atom stereocenters. The van der Waals surface area contributed by atoms with E-state index in [0.29, 0.717) is 5.56 Å². The van der Waals surface area contributed by atoms with Crippen molar-refractivity contribution in [3.63, 3.8) is 0 Å². The number of pyridine rings is 1. The van der Waals surface area contributed by atoms with Crippen LogP contribution in [0.4, 0.5) is 5.69 Å². The monoisotopic (exact) mass is 328 g/mol. The minimum absolute atomic E-state index is 0.0611. The maximum Gasteiger partial charge on any atom is 0.240 e. The van der Waals surface area contributed by atoms with Crippen LogP contribution in [0.15, 0.2) is 79.1 Å². The van der Waals surface area contributed by atoms with Crippen LogP contribution in [0, 0.1) is 0 Å². The number of hydrogen-bond acceptors (Lipinski definition) is 3. The molecule has 1 unspecified atom stereocenters. The highest BCUT2D eigenvalue weighted by atomic mass is 16.2. The molecule has 1 aliphatic rings. The molecule has 0 fully saturated rings. The van der Waals surface area contributed by atoms with Crippen molar-refractivity contribution in [1.29, 1.82) is 0 Å². The molecule has 25 heavy (non-hydrogen) atoms. The predicted molar refractivity (Wildman–Crippen MR) is 95.5 cm³/mol. The molecule has 3 aromatic rings. The van der Waals surface area contributed by atoms with Gasteiger partial charge >= 0.3 is 0 Å². The van der Waals surface area contributed by atoms with E-state index in [2.05, 4.69) is 10.3 Å². The van der Waals surface area contributed by atoms with Gasteiger partial charge in [0.15, 0.2) is 5.78 Å². The van der Waals surface area contributed by atoms with Crippen LogP contribution in [0.1, 0.15) is 27.9 Å². The number of anilines is 1. The average molecular weight is 328 g/mol. The molecule has 0 radical (unpaired) electrons. The van der Waals surface area contributed by atoms with Gasteiger partial charge in [-0.1, -0.05) is 48.5 Å². The number of ketones is 1. The molecule has 0 aliphatic carbocycles. The van der Waals surface area contributed by atoms with Crippen molar-refractivity contribution in [2.24, 2.45) is 0 Å². The summed E-state index contributed by atoms with van der Waals surface area (Å²) in [4.78, 5) is 30.0. The molecule has 4 heteroatoms. The van der Waals surface area contributed by atoms with Crippen molar-refractivity contribution < 1.29 is 9.59 Å². The summed E-state index contributed by atoms with van der Waals surface area (Å²) in [7, 11) is 0. The van der Waals surface area contributed by atoms with Crippen LogP contribution in [-0.2, 0) is 10.2 Å². The Bertz CT molecular complexity index is 938. The number of carbonyl (C=O) groups is 2. The number of amides is 1. The molecule has 0 bridgehead atoms. The number of fused-ring (bicyclic) bond motifs is 1. The van der Waals surface area contributed by atoms with Crippen molar-refractivity contribution in [3.05, 3.63) is 95.8 Å². The summed E-state index contributed by atoms with van der Waals surface area (Å²) in [6, 6.07) is 20.5. The van der Waals surface area contributed by atoms with Gasteiger partial charge < -0.3 is 5.32 Å². The Hall–Kier alpha value is -3.27. The second-order valence-corrected chi connectivity index (χ2v) is 6.11. The highest BCUT2D eigenvalue weighted by Gasteiger charge is 2.49. The third-order valence-corrected chi connectivity index (χ3v) is 4.70. The number of hydrogen-bond donors (Lipinski definition) is 1. The molecule has 0 saturated carbocycles. The van der Waals surface area contributed by atoms with Crippen LogP contribution >= 0.6 is 0 Å². The second-order valence-electron chi connectivity index (χ2n) is 6.11. The molecule has 1 amide bonds. The normalized spacial score (nSPS) is 18.5. The van der Waals surface area contributed by atoms with Gasteiger partial charge in [-0.3, -0.25) is 14.6 Å². The van der Waals surface area contributed by atoms with Gasteiger partial charge in [0, 0.05) is 30.1 Å². The van der Waals surface area contributed by atoms with Crippen molar-refractivity contribution in [3.8, 4) is 0 Å². The first-order chi connectivity index (χ1) is 12.2. The quantitative estimate of drug-likeness (QED) is 0.745. The van der Waals surface area contributed by atoms with Crippen molar-refractivity contribution in [1.82, 2.24) is 4.98 Å². The number of benzene rings is 2. The lowest BCUT2D eigenvalue weighted by atomic mass is 9.71. The average Bonchev–Trinajstić information content (AvgIpc) is 2.95. The van der Waals surface area contributed by atoms with Gasteiger partial charge in [0.05, 0.1) is 0 Å². The van der Waals surface area contributed by atoms with Gasteiger partial charge in [0.25, 0.3) is 0 Å². The molecule has 122 valence electrons. The zero-order valence-corrected chi connectivity index (χ0v) is 13.5. The molecule has 1 aromatic heterocycles. The fourth-order valence-electron chi connectivity index (χ4n) is 3.47. The van der Waals surface area contributed by atoms with Gasteiger partial charge in [-0.2, -0.15) is 0 Å². The van der Waals surface area contributed by atoms with Crippen molar-refractivity contribution in [2.45, 2.75) is 11.8 Å². The Morgan fingerprint density at radius 1 is 0.960 bits per heavy atom. The van der Waals surface area contributed by atoms with E-state index in [9.17, 15) is 9.59 Å². The van der Waals surface area contributed by atoms with Crippen molar-refractivity contribution in [2.75, 3.05) is 5.32 Å². The number of carbonyl (C=O) groups excluding carboxylic acids is 2. The van der Waals surface area contributed by atoms with E-state index >= 15 is 0 Å². The van der Waals surface area contributed by atoms with E-state index < -0.39 is 5.41 Å². The van der Waals surface area contributed by atoms with E-state index in [0.717, 1.165) is 16.8 Å². The first kappa shape index (κ1) is 15.3. The van der Waals surface area contributed by atoms with Crippen LogP contribution in [0.5, 0.6) is 0 Å². The summed E-state index contributed by atoms with van der Waals surface area (Å²) in [5, 5.41) is 2.94. The fraction of sp³-hybridized carbons (Fsp3) is 0.0952. The summed E-state index contributed by atoms with van der Waals surface area (Å²) in [5.74, 6) is -0.277. The zero-order chi connectivity index (χ0) is 17.3. The first-order valence-electron chi connectivity index (χ1n) is 8.11. The maximum atomic E-state index is 13.0. The zero-order valence-electron chi connectivity index (χ0n) is 13.5. The fourth-order valence-corrected chi connectivity index (χ4v) is 3.47. The highest BCUT2D eigenvalue weighted by molar-refractivity contribution is 6.12. The van der Waals surface area contributed by atoms with Gasteiger partial charge in [-0.05, 0) is 29.3 Å². The lowest BCUT2D eigenvalue weighted by Gasteiger charge is -2.27. The number of rotatable bonds is 4. The number of para-hydroxylation sites is 1. The lowest BCUT2D eigenvalue weighted by Crippen LogP contribution is -2.38. The van der Waals surface area contributed by atoms with Gasteiger partial charge in [0.2, 0.25) is 5.91 Å². The van der Waals surface area contributed by atoms with Crippen LogP contribution in [0.2, 0.25) is 0 Å².